The summed E-state index contributed by atoms with van der Waals surface area (Å²) in [4.78, 5) is 0. The molecule has 0 aliphatic rings. The predicted octanol–water partition coefficient (Wildman–Crippen LogP) is 5.07. The maximum atomic E-state index is 10.2. The molecule has 1 N–H and O–H groups in total. The molecule has 0 heterocycles. The molecule has 0 rings (SSSR count). The van der Waals surface area contributed by atoms with Crippen molar-refractivity contribution in [2.24, 2.45) is 5.92 Å². The molecule has 0 aliphatic carbocycles. The molecule has 0 aromatic carbocycles. The molecule has 0 aliphatic heterocycles. The van der Waals surface area contributed by atoms with Gasteiger partial charge in [0.1, 0.15) is 0 Å². The molecule has 17 heavy (non-hydrogen) atoms. The molecular weight excluding hydrogens is 224 g/mol. The molecule has 1 atom stereocenters. The van der Waals surface area contributed by atoms with Crippen molar-refractivity contribution in [2.45, 2.75) is 90.6 Å². The normalized spacial score (nSPS) is 15.4. The van der Waals surface area contributed by atoms with E-state index in [1.54, 1.807) is 0 Å². The zero-order valence-electron chi connectivity index (χ0n) is 13.1. The second-order valence-corrected chi connectivity index (χ2v) is 12.6. The average molecular weight is 259 g/mol. The van der Waals surface area contributed by atoms with Gasteiger partial charge in [-0.3, -0.25) is 0 Å². The number of unbranched alkanes of at least 4 members (excludes halogenated alkanes) is 2. The Balaban J connectivity index is 4.33. The third kappa shape index (κ3) is 5.13. The molecule has 0 fully saturated rings. The fourth-order valence-corrected chi connectivity index (χ4v) is 5.84. The Labute approximate surface area is 110 Å². The topological polar surface area (TPSA) is 20.2 Å². The van der Waals surface area contributed by atoms with Gasteiger partial charge in [-0.2, -0.15) is 0 Å². The van der Waals surface area contributed by atoms with Crippen molar-refractivity contribution in [1.82, 2.24) is 0 Å². The van der Waals surface area contributed by atoms with Crippen LogP contribution in [0.15, 0.2) is 0 Å². The summed E-state index contributed by atoms with van der Waals surface area (Å²) >= 11 is 0. The van der Waals surface area contributed by atoms with E-state index >= 15 is 0 Å². The van der Waals surface area contributed by atoms with Crippen LogP contribution in [0.25, 0.3) is 0 Å². The predicted molar refractivity (Wildman–Crippen MR) is 81.3 cm³/mol. The van der Waals surface area contributed by atoms with E-state index in [0.717, 1.165) is 12.5 Å². The molecule has 1 nitrogen and oxygen atoms in total. The van der Waals surface area contributed by atoms with Crippen molar-refractivity contribution >= 4 is 8.07 Å². The highest BCUT2D eigenvalue weighted by molar-refractivity contribution is 6.80. The zero-order chi connectivity index (χ0) is 13.7. The van der Waals surface area contributed by atoms with Crippen LogP contribution in [0.2, 0.25) is 24.2 Å². The minimum atomic E-state index is -1.37. The monoisotopic (exact) mass is 258 g/mol. The molecule has 2 heteroatoms. The first-order valence-electron chi connectivity index (χ1n) is 7.33. The fourth-order valence-electron chi connectivity index (χ4n) is 2.37. The maximum absolute atomic E-state index is 10.2. The third-order valence-corrected chi connectivity index (χ3v) is 10.6. The second kappa shape index (κ2) is 6.94. The number of hydrogen-bond acceptors (Lipinski definition) is 1. The van der Waals surface area contributed by atoms with E-state index in [0.29, 0.717) is 11.0 Å². The second-order valence-electron chi connectivity index (χ2n) is 7.11. The minimum Gasteiger partial charge on any atom is -0.393 e. The van der Waals surface area contributed by atoms with Gasteiger partial charge >= 0.3 is 0 Å². The van der Waals surface area contributed by atoms with E-state index in [1.165, 1.54) is 19.3 Å². The molecule has 0 saturated heterocycles. The Bertz CT molecular complexity index is 209. The lowest BCUT2D eigenvalue weighted by molar-refractivity contribution is 0.177. The first kappa shape index (κ1) is 17.2. The van der Waals surface area contributed by atoms with Crippen LogP contribution in [-0.4, -0.2) is 19.3 Å². The number of aliphatic hydroxyl groups excluding tert-OH is 1. The van der Waals surface area contributed by atoms with Crippen LogP contribution >= 0.6 is 0 Å². The molecule has 0 spiro atoms. The summed E-state index contributed by atoms with van der Waals surface area (Å²) in [6.07, 6.45) is 4.61. The van der Waals surface area contributed by atoms with Crippen LogP contribution in [0.1, 0.15) is 60.3 Å². The largest absolute Gasteiger partial charge is 0.393 e. The van der Waals surface area contributed by atoms with Gasteiger partial charge in [0.2, 0.25) is 0 Å². The van der Waals surface area contributed by atoms with Gasteiger partial charge in [-0.05, 0) is 23.4 Å². The number of hydrogen-bond donors (Lipinski definition) is 1. The number of aliphatic hydroxyl groups is 1. The SMILES string of the molecule is CCCCCC(O)C[Si](C)(C)C(C)(C)C(C)C. The summed E-state index contributed by atoms with van der Waals surface area (Å²) in [5.41, 5.74) is 0. The molecular formula is C15H34OSi. The Morgan fingerprint density at radius 3 is 2.06 bits per heavy atom. The van der Waals surface area contributed by atoms with Gasteiger partial charge in [0.15, 0.2) is 0 Å². The zero-order valence-corrected chi connectivity index (χ0v) is 14.1. The van der Waals surface area contributed by atoms with Crippen LogP contribution in [0, 0.1) is 5.92 Å². The van der Waals surface area contributed by atoms with Gasteiger partial charge in [-0.25, -0.2) is 0 Å². The fraction of sp³-hybridized carbons (Fsp3) is 1.00. The van der Waals surface area contributed by atoms with Crippen molar-refractivity contribution in [3.63, 3.8) is 0 Å². The average Bonchev–Trinajstić information content (AvgIpc) is 2.16. The van der Waals surface area contributed by atoms with E-state index in [-0.39, 0.29) is 6.10 Å². The van der Waals surface area contributed by atoms with Crippen LogP contribution in [0.4, 0.5) is 0 Å². The quantitative estimate of drug-likeness (QED) is 0.476. The minimum absolute atomic E-state index is 0.0683. The van der Waals surface area contributed by atoms with Gasteiger partial charge in [-0.1, -0.05) is 67.0 Å². The molecule has 0 saturated carbocycles. The summed E-state index contributed by atoms with van der Waals surface area (Å²) in [5.74, 6) is 0.701. The van der Waals surface area contributed by atoms with Gasteiger partial charge in [-0.15, -0.1) is 0 Å². The lowest BCUT2D eigenvalue weighted by Gasteiger charge is -2.44. The van der Waals surface area contributed by atoms with Crippen LogP contribution in [0.5, 0.6) is 0 Å². The lowest BCUT2D eigenvalue weighted by Crippen LogP contribution is -2.44. The standard InChI is InChI=1S/C15H34OSi/c1-8-9-10-11-14(16)12-17(6,7)15(4,5)13(2)3/h13-14,16H,8-12H2,1-7H3. The summed E-state index contributed by atoms with van der Waals surface area (Å²) < 4.78 is 0. The van der Waals surface area contributed by atoms with Crippen molar-refractivity contribution in [3.05, 3.63) is 0 Å². The number of rotatable bonds is 8. The van der Waals surface area contributed by atoms with E-state index in [4.69, 9.17) is 0 Å². The van der Waals surface area contributed by atoms with Crippen molar-refractivity contribution in [1.29, 1.82) is 0 Å². The Morgan fingerprint density at radius 1 is 1.12 bits per heavy atom. The van der Waals surface area contributed by atoms with Gasteiger partial charge in [0.05, 0.1) is 14.2 Å². The Kier molecular flexibility index (Phi) is 7.01. The van der Waals surface area contributed by atoms with Gasteiger partial charge < -0.3 is 5.11 Å². The molecule has 0 amide bonds. The molecule has 0 radical (unpaired) electrons. The first-order chi connectivity index (χ1) is 7.65. The van der Waals surface area contributed by atoms with Crippen LogP contribution in [-0.2, 0) is 0 Å². The van der Waals surface area contributed by atoms with Crippen LogP contribution < -0.4 is 0 Å². The summed E-state index contributed by atoms with van der Waals surface area (Å²) in [5, 5.41) is 10.6. The van der Waals surface area contributed by atoms with E-state index in [2.05, 4.69) is 47.7 Å². The van der Waals surface area contributed by atoms with Gasteiger partial charge in [0, 0.05) is 0 Å². The molecule has 104 valence electrons. The van der Waals surface area contributed by atoms with Gasteiger partial charge in [0.25, 0.3) is 0 Å². The molecule has 0 bridgehead atoms. The highest BCUT2D eigenvalue weighted by Crippen LogP contribution is 2.46. The Hall–Kier alpha value is 0.177. The lowest BCUT2D eigenvalue weighted by atomic mass is 9.99. The van der Waals surface area contributed by atoms with Crippen molar-refractivity contribution in [2.75, 3.05) is 0 Å². The highest BCUT2D eigenvalue weighted by atomic mass is 28.3. The summed E-state index contributed by atoms with van der Waals surface area (Å²) in [6, 6.07) is 1.06. The molecule has 0 aromatic heterocycles. The molecule has 1 unspecified atom stereocenters. The third-order valence-electron chi connectivity index (χ3n) is 5.07. The summed E-state index contributed by atoms with van der Waals surface area (Å²) in [6.45, 7) is 16.5. The van der Waals surface area contributed by atoms with Crippen molar-refractivity contribution in [3.8, 4) is 0 Å². The van der Waals surface area contributed by atoms with Crippen LogP contribution in [0.3, 0.4) is 0 Å². The Morgan fingerprint density at radius 2 is 1.65 bits per heavy atom. The van der Waals surface area contributed by atoms with E-state index in [1.807, 2.05) is 0 Å². The maximum Gasteiger partial charge on any atom is 0.0558 e. The highest BCUT2D eigenvalue weighted by Gasteiger charge is 2.41. The summed E-state index contributed by atoms with van der Waals surface area (Å²) in [7, 11) is -1.37. The smallest absolute Gasteiger partial charge is 0.0558 e. The van der Waals surface area contributed by atoms with Crippen molar-refractivity contribution < 1.29 is 5.11 Å². The molecule has 0 aromatic rings. The van der Waals surface area contributed by atoms with E-state index < -0.39 is 8.07 Å². The first-order valence-corrected chi connectivity index (χ1v) is 10.5. The van der Waals surface area contributed by atoms with E-state index in [9.17, 15) is 5.11 Å².